The average Bonchev–Trinajstić information content (AvgIpc) is 3.05. The van der Waals surface area contributed by atoms with Crippen LogP contribution in [0.2, 0.25) is 0 Å². The van der Waals surface area contributed by atoms with Gasteiger partial charge in [0.05, 0.1) is 11.0 Å². The number of amides is 1. The summed E-state index contributed by atoms with van der Waals surface area (Å²) in [6.07, 6.45) is 4.78. The molecule has 2 N–H and O–H groups in total. The van der Waals surface area contributed by atoms with Crippen LogP contribution in [0, 0.1) is 0 Å². The Balaban J connectivity index is 1.65. The van der Waals surface area contributed by atoms with E-state index in [9.17, 15) is 4.79 Å². The summed E-state index contributed by atoms with van der Waals surface area (Å²) >= 11 is 0. The van der Waals surface area contributed by atoms with Crippen LogP contribution >= 0.6 is 0 Å². The number of unbranched alkanes of at least 4 members (excludes halogenated alkanes) is 3. The first-order chi connectivity index (χ1) is 10.3. The molecule has 0 fully saturated rings. The molecule has 112 valence electrons. The fourth-order valence-corrected chi connectivity index (χ4v) is 2.93. The van der Waals surface area contributed by atoms with Crippen LogP contribution in [0.25, 0.3) is 11.0 Å². The fraction of sp³-hybridized carbons (Fsp3) is 0.500. The minimum Gasteiger partial charge on any atom is -0.330 e. The molecule has 1 aliphatic rings. The maximum absolute atomic E-state index is 12.4. The van der Waals surface area contributed by atoms with E-state index in [1.165, 1.54) is 0 Å². The minimum absolute atomic E-state index is 0.191. The predicted molar refractivity (Wildman–Crippen MR) is 84.2 cm³/mol. The molecule has 1 aromatic heterocycles. The number of imidazole rings is 1. The van der Waals surface area contributed by atoms with Gasteiger partial charge in [-0.25, -0.2) is 4.98 Å². The van der Waals surface area contributed by atoms with Gasteiger partial charge in [0.2, 0.25) is 11.9 Å². The van der Waals surface area contributed by atoms with E-state index in [2.05, 4.69) is 15.6 Å². The monoisotopic (exact) mass is 286 g/mol. The topological polar surface area (TPSA) is 64.2 Å². The molecule has 5 heteroatoms. The van der Waals surface area contributed by atoms with Gasteiger partial charge in [0.25, 0.3) is 0 Å². The Morgan fingerprint density at radius 3 is 2.81 bits per heavy atom. The van der Waals surface area contributed by atoms with Crippen LogP contribution in [0.1, 0.15) is 32.1 Å². The van der Waals surface area contributed by atoms with Gasteiger partial charge in [0.1, 0.15) is 0 Å². The summed E-state index contributed by atoms with van der Waals surface area (Å²) in [7, 11) is 0. The van der Waals surface area contributed by atoms with Crippen molar-refractivity contribution in [2.45, 2.75) is 38.6 Å². The standard InChI is InChI=1S/C16H22N4O/c17-10-6-2-1-3-9-15(21)20-12-11-19-14-8-5-4-7-13(14)18-16(19)20/h4-5,7-8H,1-3,6,9-12,17H2. The Morgan fingerprint density at radius 2 is 1.95 bits per heavy atom. The van der Waals surface area contributed by atoms with Crippen molar-refractivity contribution >= 4 is 22.9 Å². The summed E-state index contributed by atoms with van der Waals surface area (Å²) in [4.78, 5) is 18.8. The number of nitrogens with zero attached hydrogens (tertiary/aromatic N) is 3. The number of rotatable bonds is 6. The van der Waals surface area contributed by atoms with Crippen molar-refractivity contribution in [3.05, 3.63) is 24.3 Å². The van der Waals surface area contributed by atoms with Gasteiger partial charge in [-0.3, -0.25) is 9.69 Å². The SMILES string of the molecule is NCCCCCCC(=O)N1CCn2c1nc1ccccc12. The van der Waals surface area contributed by atoms with Gasteiger partial charge >= 0.3 is 0 Å². The van der Waals surface area contributed by atoms with E-state index in [0.29, 0.717) is 6.42 Å². The van der Waals surface area contributed by atoms with E-state index in [0.717, 1.165) is 62.3 Å². The molecule has 0 saturated carbocycles. The van der Waals surface area contributed by atoms with Crippen molar-refractivity contribution in [3.8, 4) is 0 Å². The second kappa shape index (κ2) is 6.26. The zero-order valence-electron chi connectivity index (χ0n) is 12.3. The highest BCUT2D eigenvalue weighted by atomic mass is 16.2. The first-order valence-corrected chi connectivity index (χ1v) is 7.77. The molecular weight excluding hydrogens is 264 g/mol. The number of aromatic nitrogens is 2. The molecule has 3 rings (SSSR count). The molecule has 1 aromatic carbocycles. The molecule has 1 aliphatic heterocycles. The lowest BCUT2D eigenvalue weighted by Crippen LogP contribution is -2.29. The van der Waals surface area contributed by atoms with Gasteiger partial charge in [-0.15, -0.1) is 0 Å². The Kier molecular flexibility index (Phi) is 4.20. The van der Waals surface area contributed by atoms with Crippen molar-refractivity contribution in [3.63, 3.8) is 0 Å². The van der Waals surface area contributed by atoms with Crippen molar-refractivity contribution in [2.75, 3.05) is 18.0 Å². The molecule has 0 saturated heterocycles. The smallest absolute Gasteiger partial charge is 0.229 e. The van der Waals surface area contributed by atoms with Gasteiger partial charge in [-0.2, -0.15) is 0 Å². The molecule has 0 bridgehead atoms. The highest BCUT2D eigenvalue weighted by molar-refractivity contribution is 5.94. The Hall–Kier alpha value is -1.88. The maximum atomic E-state index is 12.4. The fourth-order valence-electron chi connectivity index (χ4n) is 2.93. The number of fused-ring (bicyclic) bond motifs is 3. The third kappa shape index (κ3) is 2.78. The van der Waals surface area contributed by atoms with Gasteiger partial charge in [-0.1, -0.05) is 25.0 Å². The molecule has 0 unspecified atom stereocenters. The number of carbonyl (C=O) groups excluding carboxylic acids is 1. The van der Waals surface area contributed by atoms with E-state index < -0.39 is 0 Å². The maximum Gasteiger partial charge on any atom is 0.229 e. The molecule has 0 atom stereocenters. The lowest BCUT2D eigenvalue weighted by atomic mass is 10.1. The van der Waals surface area contributed by atoms with Gasteiger partial charge < -0.3 is 10.3 Å². The van der Waals surface area contributed by atoms with Gasteiger partial charge in [0, 0.05) is 19.5 Å². The molecule has 2 aromatic rings. The van der Waals surface area contributed by atoms with Crippen molar-refractivity contribution in [1.29, 1.82) is 0 Å². The molecule has 0 radical (unpaired) electrons. The summed E-state index contributed by atoms with van der Waals surface area (Å²) in [6, 6.07) is 8.05. The third-order valence-electron chi connectivity index (χ3n) is 4.07. The van der Waals surface area contributed by atoms with Crippen LogP contribution in [0.3, 0.4) is 0 Å². The summed E-state index contributed by atoms with van der Waals surface area (Å²) in [5, 5.41) is 0. The van der Waals surface area contributed by atoms with E-state index in [-0.39, 0.29) is 5.91 Å². The molecule has 0 aliphatic carbocycles. The van der Waals surface area contributed by atoms with Crippen LogP contribution in [-0.4, -0.2) is 28.5 Å². The van der Waals surface area contributed by atoms with Crippen LogP contribution in [0.15, 0.2) is 24.3 Å². The first kappa shape index (κ1) is 14.1. The largest absolute Gasteiger partial charge is 0.330 e. The lowest BCUT2D eigenvalue weighted by Gasteiger charge is -2.13. The van der Waals surface area contributed by atoms with E-state index in [1.54, 1.807) is 0 Å². The van der Waals surface area contributed by atoms with Crippen LogP contribution < -0.4 is 10.6 Å². The number of nitrogens with two attached hydrogens (primary N) is 1. The number of hydrogen-bond donors (Lipinski definition) is 1. The normalized spacial score (nSPS) is 13.9. The Morgan fingerprint density at radius 1 is 1.14 bits per heavy atom. The zero-order chi connectivity index (χ0) is 14.7. The number of benzene rings is 1. The number of anilines is 1. The highest BCUT2D eigenvalue weighted by Gasteiger charge is 2.27. The van der Waals surface area contributed by atoms with E-state index in [1.807, 2.05) is 23.1 Å². The van der Waals surface area contributed by atoms with Crippen LogP contribution in [-0.2, 0) is 11.3 Å². The highest BCUT2D eigenvalue weighted by Crippen LogP contribution is 2.27. The second-order valence-electron chi connectivity index (χ2n) is 5.55. The average molecular weight is 286 g/mol. The van der Waals surface area contributed by atoms with Gasteiger partial charge in [-0.05, 0) is 31.5 Å². The van der Waals surface area contributed by atoms with E-state index >= 15 is 0 Å². The first-order valence-electron chi connectivity index (χ1n) is 7.77. The minimum atomic E-state index is 0.191. The van der Waals surface area contributed by atoms with Crippen molar-refractivity contribution < 1.29 is 4.79 Å². The molecule has 1 amide bonds. The number of para-hydroxylation sites is 2. The van der Waals surface area contributed by atoms with Crippen molar-refractivity contribution in [1.82, 2.24) is 9.55 Å². The molecule has 2 heterocycles. The lowest BCUT2D eigenvalue weighted by molar-refractivity contribution is -0.118. The molecule has 21 heavy (non-hydrogen) atoms. The van der Waals surface area contributed by atoms with Crippen LogP contribution in [0.4, 0.5) is 5.95 Å². The summed E-state index contributed by atoms with van der Waals surface area (Å²) in [5.41, 5.74) is 7.56. The van der Waals surface area contributed by atoms with Gasteiger partial charge in [0.15, 0.2) is 0 Å². The van der Waals surface area contributed by atoms with E-state index in [4.69, 9.17) is 5.73 Å². The number of carbonyl (C=O) groups is 1. The Bertz CT molecular complexity index is 634. The van der Waals surface area contributed by atoms with Crippen LogP contribution in [0.5, 0.6) is 0 Å². The number of hydrogen-bond acceptors (Lipinski definition) is 3. The second-order valence-corrected chi connectivity index (χ2v) is 5.55. The summed E-state index contributed by atoms with van der Waals surface area (Å²) < 4.78 is 2.14. The molecule has 5 nitrogen and oxygen atoms in total. The molecular formula is C16H22N4O. The summed E-state index contributed by atoms with van der Waals surface area (Å²) in [6.45, 7) is 2.33. The predicted octanol–water partition coefficient (Wildman–Crippen LogP) is 2.29. The quantitative estimate of drug-likeness (QED) is 0.829. The molecule has 0 spiro atoms. The summed E-state index contributed by atoms with van der Waals surface area (Å²) in [5.74, 6) is 1.000. The van der Waals surface area contributed by atoms with Crippen molar-refractivity contribution in [2.24, 2.45) is 5.73 Å². The Labute approximate surface area is 124 Å². The zero-order valence-corrected chi connectivity index (χ0v) is 12.3. The third-order valence-corrected chi connectivity index (χ3v) is 4.07.